The van der Waals surface area contributed by atoms with Crippen LogP contribution >= 0.6 is 11.6 Å². The summed E-state index contributed by atoms with van der Waals surface area (Å²) in [6.07, 6.45) is 1.80. The van der Waals surface area contributed by atoms with Crippen molar-refractivity contribution in [3.63, 3.8) is 0 Å². The van der Waals surface area contributed by atoms with Gasteiger partial charge in [-0.1, -0.05) is 48.9 Å². The van der Waals surface area contributed by atoms with Gasteiger partial charge in [0.25, 0.3) is 0 Å². The van der Waals surface area contributed by atoms with Crippen LogP contribution < -0.4 is 10.5 Å². The highest BCUT2D eigenvalue weighted by Gasteiger charge is 2.10. The summed E-state index contributed by atoms with van der Waals surface area (Å²) in [5.74, 6) is 0.955. The molecule has 0 aliphatic heterocycles. The lowest BCUT2D eigenvalue weighted by atomic mass is 10.0. The zero-order chi connectivity index (χ0) is 15.2. The van der Waals surface area contributed by atoms with E-state index in [2.05, 4.69) is 32.0 Å². The molecule has 0 aromatic heterocycles. The first-order chi connectivity index (χ1) is 10.1. The highest BCUT2D eigenvalue weighted by molar-refractivity contribution is 6.30. The fourth-order valence-electron chi connectivity index (χ4n) is 2.24. The van der Waals surface area contributed by atoms with Crippen LogP contribution in [0.4, 0.5) is 0 Å². The molecule has 0 radical (unpaired) electrons. The van der Waals surface area contributed by atoms with Gasteiger partial charge in [0.15, 0.2) is 0 Å². The van der Waals surface area contributed by atoms with E-state index < -0.39 is 0 Å². The van der Waals surface area contributed by atoms with E-state index in [-0.39, 0.29) is 6.04 Å². The number of aryl methyl sites for hydroxylation is 1. The molecule has 1 unspecified atom stereocenters. The molecule has 0 aliphatic rings. The Hall–Kier alpha value is -1.51. The van der Waals surface area contributed by atoms with Crippen molar-refractivity contribution in [2.24, 2.45) is 5.73 Å². The van der Waals surface area contributed by atoms with Crippen molar-refractivity contribution in [1.29, 1.82) is 0 Å². The molecule has 0 heterocycles. The fourth-order valence-corrected chi connectivity index (χ4v) is 2.37. The van der Waals surface area contributed by atoms with Crippen molar-refractivity contribution in [2.45, 2.75) is 39.3 Å². The second-order valence-corrected chi connectivity index (χ2v) is 5.79. The minimum absolute atomic E-state index is 0.171. The van der Waals surface area contributed by atoms with E-state index in [1.807, 2.05) is 24.3 Å². The Labute approximate surface area is 131 Å². The molecule has 0 amide bonds. The van der Waals surface area contributed by atoms with E-state index in [1.165, 1.54) is 5.56 Å². The van der Waals surface area contributed by atoms with Gasteiger partial charge in [0.2, 0.25) is 0 Å². The molecule has 0 fully saturated rings. The summed E-state index contributed by atoms with van der Waals surface area (Å²) in [5.41, 5.74) is 9.50. The van der Waals surface area contributed by atoms with Gasteiger partial charge in [-0.15, -0.1) is 0 Å². The molecule has 2 nitrogen and oxygen atoms in total. The molecule has 2 rings (SSSR count). The molecule has 112 valence electrons. The Bertz CT molecular complexity index is 580. The van der Waals surface area contributed by atoms with Gasteiger partial charge in [-0.2, -0.15) is 0 Å². The number of ether oxygens (including phenoxy) is 1. The van der Waals surface area contributed by atoms with Crippen LogP contribution in [0.25, 0.3) is 0 Å². The Morgan fingerprint density at radius 1 is 1.14 bits per heavy atom. The first kappa shape index (κ1) is 15.9. The summed E-state index contributed by atoms with van der Waals surface area (Å²) in [5, 5.41) is 0.740. The highest BCUT2D eigenvalue weighted by atomic mass is 35.5. The van der Waals surface area contributed by atoms with Crippen LogP contribution in [0.5, 0.6) is 5.75 Å². The van der Waals surface area contributed by atoms with Crippen LogP contribution in [0.3, 0.4) is 0 Å². The summed E-state index contributed by atoms with van der Waals surface area (Å²) >= 11 is 5.90. The summed E-state index contributed by atoms with van der Waals surface area (Å²) in [6, 6.07) is 14.1. The van der Waals surface area contributed by atoms with Crippen molar-refractivity contribution < 1.29 is 4.74 Å². The summed E-state index contributed by atoms with van der Waals surface area (Å²) < 4.78 is 6.04. The van der Waals surface area contributed by atoms with E-state index >= 15 is 0 Å². The molecule has 3 heteroatoms. The quantitative estimate of drug-likeness (QED) is 0.852. The van der Waals surface area contributed by atoms with Crippen molar-refractivity contribution in [3.05, 3.63) is 64.2 Å². The number of rotatable bonds is 6. The average molecular weight is 304 g/mol. The lowest BCUT2D eigenvalue weighted by Crippen LogP contribution is -2.21. The van der Waals surface area contributed by atoms with Gasteiger partial charge in [-0.3, -0.25) is 0 Å². The summed E-state index contributed by atoms with van der Waals surface area (Å²) in [4.78, 5) is 0. The Morgan fingerprint density at radius 2 is 1.86 bits per heavy atom. The molecule has 0 spiro atoms. The minimum atomic E-state index is 0.171. The van der Waals surface area contributed by atoms with E-state index in [4.69, 9.17) is 22.1 Å². The average Bonchev–Trinajstić information content (AvgIpc) is 2.48. The topological polar surface area (TPSA) is 35.2 Å². The normalized spacial score (nSPS) is 12.2. The van der Waals surface area contributed by atoms with Crippen molar-refractivity contribution >= 4 is 11.6 Å². The maximum absolute atomic E-state index is 6.08. The molecule has 2 aromatic carbocycles. The van der Waals surface area contributed by atoms with Crippen LogP contribution in [-0.4, -0.2) is 6.04 Å². The van der Waals surface area contributed by atoms with Crippen LogP contribution in [0.2, 0.25) is 5.02 Å². The summed E-state index contributed by atoms with van der Waals surface area (Å²) in [6.45, 7) is 4.71. The van der Waals surface area contributed by atoms with Crippen LogP contribution in [-0.2, 0) is 13.0 Å². The second-order valence-electron chi connectivity index (χ2n) is 5.35. The number of hydrogen-bond acceptors (Lipinski definition) is 2. The highest BCUT2D eigenvalue weighted by Crippen LogP contribution is 2.26. The first-order valence-electron chi connectivity index (χ1n) is 7.31. The SMILES string of the molecule is CCC(N)Cc1cccc(C)c1OCc1ccc(Cl)cc1. The van der Waals surface area contributed by atoms with E-state index in [0.29, 0.717) is 6.61 Å². The van der Waals surface area contributed by atoms with Gasteiger partial charge in [-0.25, -0.2) is 0 Å². The fraction of sp³-hybridized carbons (Fsp3) is 0.333. The molecule has 0 aliphatic carbocycles. The summed E-state index contributed by atoms with van der Waals surface area (Å²) in [7, 11) is 0. The number of halogens is 1. The van der Waals surface area contributed by atoms with Crippen molar-refractivity contribution in [3.8, 4) is 5.75 Å². The molecule has 21 heavy (non-hydrogen) atoms. The van der Waals surface area contributed by atoms with Crippen LogP contribution in [0.15, 0.2) is 42.5 Å². The maximum Gasteiger partial charge on any atom is 0.125 e. The Kier molecular flexibility index (Phi) is 5.66. The third-order valence-electron chi connectivity index (χ3n) is 3.60. The van der Waals surface area contributed by atoms with Gasteiger partial charge in [0, 0.05) is 11.1 Å². The molecule has 0 saturated heterocycles. The van der Waals surface area contributed by atoms with Crippen LogP contribution in [0.1, 0.15) is 30.0 Å². The smallest absolute Gasteiger partial charge is 0.125 e. The minimum Gasteiger partial charge on any atom is -0.488 e. The van der Waals surface area contributed by atoms with E-state index in [1.54, 1.807) is 0 Å². The van der Waals surface area contributed by atoms with Gasteiger partial charge in [0.05, 0.1) is 0 Å². The predicted octanol–water partition coefficient (Wildman–Crippen LogP) is 4.51. The largest absolute Gasteiger partial charge is 0.488 e. The Morgan fingerprint density at radius 3 is 2.52 bits per heavy atom. The third-order valence-corrected chi connectivity index (χ3v) is 3.85. The van der Waals surface area contributed by atoms with Gasteiger partial charge in [-0.05, 0) is 48.6 Å². The van der Waals surface area contributed by atoms with Gasteiger partial charge in [0.1, 0.15) is 12.4 Å². The van der Waals surface area contributed by atoms with Gasteiger partial charge >= 0.3 is 0 Å². The molecular weight excluding hydrogens is 282 g/mol. The monoisotopic (exact) mass is 303 g/mol. The third kappa shape index (κ3) is 4.48. The standard InChI is InChI=1S/C18H22ClNO/c1-3-17(20)11-15-6-4-5-13(2)18(15)21-12-14-7-9-16(19)10-8-14/h4-10,17H,3,11-12,20H2,1-2H3. The lowest BCUT2D eigenvalue weighted by Gasteiger charge is -2.16. The number of para-hydroxylation sites is 1. The van der Waals surface area contributed by atoms with E-state index in [9.17, 15) is 0 Å². The van der Waals surface area contributed by atoms with Gasteiger partial charge < -0.3 is 10.5 Å². The predicted molar refractivity (Wildman–Crippen MR) is 88.9 cm³/mol. The Balaban J connectivity index is 2.12. The molecule has 1 atom stereocenters. The van der Waals surface area contributed by atoms with Crippen molar-refractivity contribution in [1.82, 2.24) is 0 Å². The lowest BCUT2D eigenvalue weighted by molar-refractivity contribution is 0.300. The second kappa shape index (κ2) is 7.48. The zero-order valence-corrected chi connectivity index (χ0v) is 13.4. The maximum atomic E-state index is 6.08. The number of hydrogen-bond donors (Lipinski definition) is 1. The first-order valence-corrected chi connectivity index (χ1v) is 7.69. The number of benzene rings is 2. The molecular formula is C18H22ClNO. The molecule has 0 bridgehead atoms. The van der Waals surface area contributed by atoms with Crippen LogP contribution in [0, 0.1) is 6.92 Å². The molecule has 0 saturated carbocycles. The van der Waals surface area contributed by atoms with E-state index in [0.717, 1.165) is 34.7 Å². The van der Waals surface area contributed by atoms with Crippen molar-refractivity contribution in [2.75, 3.05) is 0 Å². The number of nitrogens with two attached hydrogens (primary N) is 1. The molecule has 2 aromatic rings. The molecule has 2 N–H and O–H groups in total. The zero-order valence-electron chi connectivity index (χ0n) is 12.6.